The maximum absolute atomic E-state index is 10.7. The minimum absolute atomic E-state index is 0.0552. The van der Waals surface area contributed by atoms with Crippen molar-refractivity contribution in [3.8, 4) is 5.75 Å². The normalized spacial score (nSPS) is 10.3. The van der Waals surface area contributed by atoms with Gasteiger partial charge in [-0.05, 0) is 6.07 Å². The standard InChI is InChI=1S/C11H12Cl2O4/c1-15-2-3-16-7-17-9-4-8(6-14)11(13)10(12)5-9/h4-6H,2-3,7H2,1H3. The van der Waals surface area contributed by atoms with Crippen LogP contribution in [0.2, 0.25) is 10.0 Å². The van der Waals surface area contributed by atoms with Gasteiger partial charge in [0.2, 0.25) is 0 Å². The Hall–Kier alpha value is -0.810. The van der Waals surface area contributed by atoms with Crippen molar-refractivity contribution in [2.45, 2.75) is 0 Å². The first kappa shape index (κ1) is 14.3. The van der Waals surface area contributed by atoms with Gasteiger partial charge in [0.05, 0.1) is 23.3 Å². The third-order valence-electron chi connectivity index (χ3n) is 1.90. The lowest BCUT2D eigenvalue weighted by Crippen LogP contribution is -2.07. The number of hydrogen-bond donors (Lipinski definition) is 0. The number of hydrogen-bond acceptors (Lipinski definition) is 4. The molecule has 0 amide bonds. The van der Waals surface area contributed by atoms with Gasteiger partial charge in [-0.2, -0.15) is 0 Å². The largest absolute Gasteiger partial charge is 0.467 e. The third kappa shape index (κ3) is 4.52. The van der Waals surface area contributed by atoms with Crippen LogP contribution in [-0.4, -0.2) is 33.4 Å². The van der Waals surface area contributed by atoms with Gasteiger partial charge in [0.1, 0.15) is 5.75 Å². The number of ether oxygens (including phenoxy) is 3. The smallest absolute Gasteiger partial charge is 0.189 e. The van der Waals surface area contributed by atoms with Gasteiger partial charge >= 0.3 is 0 Å². The van der Waals surface area contributed by atoms with Crippen LogP contribution in [0.4, 0.5) is 0 Å². The second kappa shape index (κ2) is 7.50. The molecule has 1 aromatic carbocycles. The first-order valence-corrected chi connectivity index (χ1v) is 5.58. The minimum atomic E-state index is 0.0552. The van der Waals surface area contributed by atoms with Crippen molar-refractivity contribution in [1.29, 1.82) is 0 Å². The van der Waals surface area contributed by atoms with Gasteiger partial charge in [0.15, 0.2) is 13.1 Å². The van der Waals surface area contributed by atoms with Gasteiger partial charge in [-0.3, -0.25) is 4.79 Å². The maximum Gasteiger partial charge on any atom is 0.189 e. The van der Waals surface area contributed by atoms with Gasteiger partial charge in [-0.15, -0.1) is 0 Å². The molecule has 0 aliphatic heterocycles. The van der Waals surface area contributed by atoms with Crippen molar-refractivity contribution in [3.63, 3.8) is 0 Å². The number of methoxy groups -OCH3 is 1. The topological polar surface area (TPSA) is 44.8 Å². The van der Waals surface area contributed by atoms with Crippen LogP contribution in [0.25, 0.3) is 0 Å². The second-order valence-corrected chi connectivity index (χ2v) is 3.87. The van der Waals surface area contributed by atoms with E-state index in [2.05, 4.69) is 0 Å². The molecule has 6 heteroatoms. The maximum atomic E-state index is 10.7. The highest BCUT2D eigenvalue weighted by Crippen LogP contribution is 2.29. The van der Waals surface area contributed by atoms with Crippen LogP contribution in [0.1, 0.15) is 10.4 Å². The van der Waals surface area contributed by atoms with E-state index in [0.717, 1.165) is 0 Å². The van der Waals surface area contributed by atoms with Crippen LogP contribution in [0, 0.1) is 0 Å². The lowest BCUT2D eigenvalue weighted by atomic mass is 10.2. The molecule has 0 atom stereocenters. The van der Waals surface area contributed by atoms with Crippen molar-refractivity contribution in [2.75, 3.05) is 27.1 Å². The van der Waals surface area contributed by atoms with Crippen LogP contribution < -0.4 is 4.74 Å². The van der Waals surface area contributed by atoms with E-state index in [1.165, 1.54) is 12.1 Å². The zero-order chi connectivity index (χ0) is 12.7. The van der Waals surface area contributed by atoms with Gasteiger partial charge in [-0.25, -0.2) is 0 Å². The Balaban J connectivity index is 2.54. The van der Waals surface area contributed by atoms with E-state index in [-0.39, 0.29) is 22.4 Å². The third-order valence-corrected chi connectivity index (χ3v) is 2.71. The average molecular weight is 279 g/mol. The van der Waals surface area contributed by atoms with Crippen LogP contribution in [-0.2, 0) is 9.47 Å². The summed E-state index contributed by atoms with van der Waals surface area (Å²) < 4.78 is 15.2. The van der Waals surface area contributed by atoms with Crippen molar-refractivity contribution in [3.05, 3.63) is 27.7 Å². The molecule has 0 fully saturated rings. The summed E-state index contributed by atoms with van der Waals surface area (Å²) in [6.45, 7) is 0.975. The molecule has 0 radical (unpaired) electrons. The predicted molar refractivity (Wildman–Crippen MR) is 65.2 cm³/mol. The fourth-order valence-electron chi connectivity index (χ4n) is 1.06. The summed E-state index contributed by atoms with van der Waals surface area (Å²) in [5, 5.41) is 0.484. The van der Waals surface area contributed by atoms with Crippen molar-refractivity contribution in [1.82, 2.24) is 0 Å². The van der Waals surface area contributed by atoms with E-state index in [1.54, 1.807) is 7.11 Å². The fraction of sp³-hybridized carbons (Fsp3) is 0.364. The highest BCUT2D eigenvalue weighted by molar-refractivity contribution is 6.43. The van der Waals surface area contributed by atoms with Crippen molar-refractivity contribution in [2.24, 2.45) is 0 Å². The Morgan fingerprint density at radius 3 is 2.71 bits per heavy atom. The Bertz CT molecular complexity index is 382. The summed E-state index contributed by atoms with van der Waals surface area (Å²) >= 11 is 11.6. The van der Waals surface area contributed by atoms with E-state index >= 15 is 0 Å². The molecule has 4 nitrogen and oxygen atoms in total. The van der Waals surface area contributed by atoms with Gasteiger partial charge in [0, 0.05) is 18.7 Å². The molecule has 0 bridgehead atoms. The minimum Gasteiger partial charge on any atom is -0.467 e. The zero-order valence-electron chi connectivity index (χ0n) is 9.24. The molecule has 0 heterocycles. The number of carbonyl (C=O) groups is 1. The molecule has 0 unspecified atom stereocenters. The molecule has 0 aliphatic rings. The Kier molecular flexibility index (Phi) is 6.29. The molecule has 0 spiro atoms. The first-order valence-electron chi connectivity index (χ1n) is 4.82. The first-order chi connectivity index (χ1) is 8.19. The van der Waals surface area contributed by atoms with Gasteiger partial charge in [-0.1, -0.05) is 23.2 Å². The molecule has 0 saturated carbocycles. The molecule has 1 rings (SSSR count). The quantitative estimate of drug-likeness (QED) is 0.437. The predicted octanol–water partition coefficient (Wildman–Crippen LogP) is 2.81. The van der Waals surface area contributed by atoms with E-state index in [1.807, 2.05) is 0 Å². The van der Waals surface area contributed by atoms with Gasteiger partial charge in [0.25, 0.3) is 0 Å². The zero-order valence-corrected chi connectivity index (χ0v) is 10.8. The summed E-state index contributed by atoms with van der Waals surface area (Å²) in [4.78, 5) is 10.7. The Morgan fingerprint density at radius 1 is 1.29 bits per heavy atom. The molecule has 94 valence electrons. The summed E-state index contributed by atoms with van der Waals surface area (Å²) in [6.07, 6.45) is 0.618. The molecule has 0 saturated heterocycles. The fourth-order valence-corrected chi connectivity index (χ4v) is 1.43. The highest BCUT2D eigenvalue weighted by Gasteiger charge is 2.07. The van der Waals surface area contributed by atoms with Crippen LogP contribution >= 0.6 is 23.2 Å². The Morgan fingerprint density at radius 2 is 2.06 bits per heavy atom. The second-order valence-electron chi connectivity index (χ2n) is 3.09. The number of benzene rings is 1. The van der Waals surface area contributed by atoms with E-state index in [4.69, 9.17) is 37.4 Å². The number of carbonyl (C=O) groups excluding carboxylic acids is 1. The summed E-state index contributed by atoms with van der Waals surface area (Å²) in [5.41, 5.74) is 0.283. The molecular formula is C11H12Cl2O4. The highest BCUT2D eigenvalue weighted by atomic mass is 35.5. The lowest BCUT2D eigenvalue weighted by Gasteiger charge is -2.09. The van der Waals surface area contributed by atoms with Crippen LogP contribution in [0.3, 0.4) is 0 Å². The number of aldehydes is 1. The Labute approximate surface area is 109 Å². The van der Waals surface area contributed by atoms with Gasteiger partial charge < -0.3 is 14.2 Å². The number of halogens is 2. The van der Waals surface area contributed by atoms with Crippen LogP contribution in [0.15, 0.2) is 12.1 Å². The van der Waals surface area contributed by atoms with Crippen LogP contribution in [0.5, 0.6) is 5.75 Å². The van der Waals surface area contributed by atoms with E-state index in [9.17, 15) is 4.79 Å². The molecule has 1 aromatic rings. The molecule has 0 aliphatic carbocycles. The molecule has 0 aromatic heterocycles. The lowest BCUT2D eigenvalue weighted by molar-refractivity contribution is -0.00848. The van der Waals surface area contributed by atoms with Crippen molar-refractivity contribution >= 4 is 29.5 Å². The molecule has 17 heavy (non-hydrogen) atoms. The van der Waals surface area contributed by atoms with E-state index in [0.29, 0.717) is 25.2 Å². The summed E-state index contributed by atoms with van der Waals surface area (Å²) in [7, 11) is 1.58. The van der Waals surface area contributed by atoms with Crippen molar-refractivity contribution < 1.29 is 19.0 Å². The SMILES string of the molecule is COCCOCOc1cc(Cl)c(Cl)c(C=O)c1. The monoisotopic (exact) mass is 278 g/mol. The molecular weight excluding hydrogens is 267 g/mol. The molecule has 0 N–H and O–H groups in total. The van der Waals surface area contributed by atoms with E-state index < -0.39 is 0 Å². The number of rotatable bonds is 7. The summed E-state index contributed by atoms with van der Waals surface area (Å²) in [6, 6.07) is 3.03. The summed E-state index contributed by atoms with van der Waals surface area (Å²) in [5.74, 6) is 0.430. The average Bonchev–Trinajstić information content (AvgIpc) is 2.33.